The molecular weight excluding hydrogens is 312 g/mol. The largest absolute Gasteiger partial charge is 0.464 e. The van der Waals surface area contributed by atoms with Crippen LogP contribution in [0.3, 0.4) is 0 Å². The van der Waals surface area contributed by atoms with Gasteiger partial charge in [0.2, 0.25) is 0 Å². The summed E-state index contributed by atoms with van der Waals surface area (Å²) < 4.78 is 11.5. The summed E-state index contributed by atoms with van der Waals surface area (Å²) in [6.07, 6.45) is 6.71. The first-order valence-corrected chi connectivity index (χ1v) is 9.36. The van der Waals surface area contributed by atoms with Crippen molar-refractivity contribution < 1.29 is 19.1 Å². The van der Waals surface area contributed by atoms with E-state index in [0.717, 1.165) is 37.7 Å². The van der Waals surface area contributed by atoms with Gasteiger partial charge in [-0.25, -0.2) is 4.79 Å². The minimum Gasteiger partial charge on any atom is -0.464 e. The van der Waals surface area contributed by atoms with Crippen LogP contribution in [0.5, 0.6) is 0 Å². The van der Waals surface area contributed by atoms with E-state index in [1.807, 2.05) is 12.1 Å². The Labute approximate surface area is 139 Å². The standard InChI is InChI=1S/C18H20O4S/c1-23-17(9-10-17)11-21-16(20)14-12-5-2-3-6-13(12)15(19)22-18(14)7-4-8-18/h2-3,5-6,14H,4,7-11H2,1H3. The van der Waals surface area contributed by atoms with Crippen molar-refractivity contribution in [2.24, 2.45) is 0 Å². The van der Waals surface area contributed by atoms with Crippen molar-refractivity contribution in [3.8, 4) is 0 Å². The van der Waals surface area contributed by atoms with Gasteiger partial charge in [0.1, 0.15) is 18.1 Å². The molecule has 23 heavy (non-hydrogen) atoms. The number of hydrogen-bond acceptors (Lipinski definition) is 5. The number of carbonyl (C=O) groups excluding carboxylic acids is 2. The molecule has 1 atom stereocenters. The number of rotatable bonds is 4. The van der Waals surface area contributed by atoms with Gasteiger partial charge in [-0.3, -0.25) is 4.79 Å². The maximum Gasteiger partial charge on any atom is 0.339 e. The van der Waals surface area contributed by atoms with Crippen LogP contribution in [0.1, 0.15) is 53.9 Å². The van der Waals surface area contributed by atoms with E-state index < -0.39 is 11.5 Å². The van der Waals surface area contributed by atoms with Crippen molar-refractivity contribution >= 4 is 23.7 Å². The van der Waals surface area contributed by atoms with E-state index in [9.17, 15) is 9.59 Å². The Morgan fingerprint density at radius 1 is 1.30 bits per heavy atom. The van der Waals surface area contributed by atoms with Crippen molar-refractivity contribution in [3.63, 3.8) is 0 Å². The van der Waals surface area contributed by atoms with E-state index in [0.29, 0.717) is 12.2 Å². The minimum atomic E-state index is -0.682. The van der Waals surface area contributed by atoms with Crippen LogP contribution in [-0.4, -0.2) is 35.1 Å². The molecule has 2 saturated carbocycles. The minimum absolute atomic E-state index is 0.118. The van der Waals surface area contributed by atoms with Gasteiger partial charge in [0.25, 0.3) is 0 Å². The summed E-state index contributed by atoms with van der Waals surface area (Å²) in [5, 5.41) is 0. The van der Waals surface area contributed by atoms with Crippen LogP contribution in [0, 0.1) is 0 Å². The number of fused-ring (bicyclic) bond motifs is 1. The molecule has 3 aliphatic rings. The third-order valence-electron chi connectivity index (χ3n) is 5.47. The van der Waals surface area contributed by atoms with Crippen molar-refractivity contribution in [2.45, 2.75) is 48.4 Å². The topological polar surface area (TPSA) is 52.6 Å². The third-order valence-corrected chi connectivity index (χ3v) is 6.86. The fraction of sp³-hybridized carbons (Fsp3) is 0.556. The zero-order valence-corrected chi connectivity index (χ0v) is 14.0. The zero-order chi connectivity index (χ0) is 16.1. The number of thioether (sulfide) groups is 1. The summed E-state index contributed by atoms with van der Waals surface area (Å²) in [6.45, 7) is 0.454. The van der Waals surface area contributed by atoms with Crippen LogP contribution in [0.2, 0.25) is 0 Å². The Bertz CT molecular complexity index is 661. The highest BCUT2D eigenvalue weighted by molar-refractivity contribution is 8.00. The molecule has 1 aliphatic heterocycles. The summed E-state index contributed by atoms with van der Waals surface area (Å²) >= 11 is 1.77. The summed E-state index contributed by atoms with van der Waals surface area (Å²) in [5.41, 5.74) is 0.582. The first kappa shape index (κ1) is 15.1. The Kier molecular flexibility index (Phi) is 3.45. The average Bonchev–Trinajstić information content (AvgIpc) is 3.31. The molecule has 122 valence electrons. The SMILES string of the molecule is CSC1(COC(=O)C2c3ccccc3C(=O)OC23CCC3)CC1. The van der Waals surface area contributed by atoms with Crippen molar-refractivity contribution in [1.29, 1.82) is 0 Å². The fourth-order valence-corrected chi connectivity index (χ4v) is 4.29. The number of ether oxygens (including phenoxy) is 2. The number of hydrogen-bond donors (Lipinski definition) is 0. The zero-order valence-electron chi connectivity index (χ0n) is 13.2. The Hall–Kier alpha value is -1.49. The van der Waals surface area contributed by atoms with E-state index in [2.05, 4.69) is 6.26 Å². The molecule has 0 radical (unpaired) electrons. The normalized spacial score (nSPS) is 26.0. The highest BCUT2D eigenvalue weighted by atomic mass is 32.2. The van der Waals surface area contributed by atoms with Crippen LogP contribution in [-0.2, 0) is 14.3 Å². The molecule has 0 aromatic heterocycles. The second-order valence-electron chi connectivity index (χ2n) is 6.82. The smallest absolute Gasteiger partial charge is 0.339 e. The molecule has 0 N–H and O–H groups in total. The molecule has 1 unspecified atom stereocenters. The molecule has 1 aromatic carbocycles. The highest BCUT2D eigenvalue weighted by Gasteiger charge is 2.56. The van der Waals surface area contributed by atoms with E-state index in [4.69, 9.17) is 9.47 Å². The van der Waals surface area contributed by atoms with Crippen LogP contribution < -0.4 is 0 Å². The lowest BCUT2D eigenvalue weighted by molar-refractivity contribution is -0.160. The lowest BCUT2D eigenvalue weighted by atomic mass is 9.66. The van der Waals surface area contributed by atoms with Gasteiger partial charge in [0.05, 0.1) is 5.56 Å². The molecule has 2 fully saturated rings. The monoisotopic (exact) mass is 332 g/mol. The van der Waals surface area contributed by atoms with Crippen molar-refractivity contribution in [3.05, 3.63) is 35.4 Å². The van der Waals surface area contributed by atoms with Gasteiger partial charge >= 0.3 is 11.9 Å². The van der Waals surface area contributed by atoms with Crippen LogP contribution in [0.15, 0.2) is 24.3 Å². The van der Waals surface area contributed by atoms with Crippen LogP contribution >= 0.6 is 11.8 Å². The summed E-state index contributed by atoms with van der Waals surface area (Å²) in [7, 11) is 0. The third kappa shape index (κ3) is 2.36. The van der Waals surface area contributed by atoms with Gasteiger partial charge in [-0.15, -0.1) is 0 Å². The molecular formula is C18H20O4S. The van der Waals surface area contributed by atoms with E-state index in [1.54, 1.807) is 23.9 Å². The van der Waals surface area contributed by atoms with Gasteiger partial charge < -0.3 is 9.47 Å². The second kappa shape index (κ2) is 5.26. The first-order valence-electron chi connectivity index (χ1n) is 8.13. The molecule has 0 saturated heterocycles. The maximum atomic E-state index is 12.8. The van der Waals surface area contributed by atoms with Gasteiger partial charge in [0.15, 0.2) is 0 Å². The number of carbonyl (C=O) groups is 2. The van der Waals surface area contributed by atoms with Gasteiger partial charge in [-0.1, -0.05) is 18.2 Å². The van der Waals surface area contributed by atoms with Crippen LogP contribution in [0.25, 0.3) is 0 Å². The van der Waals surface area contributed by atoms with Gasteiger partial charge in [-0.2, -0.15) is 11.8 Å². The molecule has 5 heteroatoms. The number of esters is 2. The predicted octanol–water partition coefficient (Wildman–Crippen LogP) is 3.30. The Morgan fingerprint density at radius 2 is 2.04 bits per heavy atom. The highest BCUT2D eigenvalue weighted by Crippen LogP contribution is 2.52. The lowest BCUT2D eigenvalue weighted by Gasteiger charge is -2.48. The summed E-state index contributed by atoms with van der Waals surface area (Å²) in [4.78, 5) is 25.1. The van der Waals surface area contributed by atoms with E-state index in [-0.39, 0.29) is 16.7 Å². The molecule has 0 amide bonds. The Balaban J connectivity index is 1.62. The van der Waals surface area contributed by atoms with E-state index in [1.165, 1.54) is 0 Å². The average molecular weight is 332 g/mol. The summed E-state index contributed by atoms with van der Waals surface area (Å²) in [5.74, 6) is -1.04. The van der Waals surface area contributed by atoms with E-state index >= 15 is 0 Å². The van der Waals surface area contributed by atoms with Crippen molar-refractivity contribution in [1.82, 2.24) is 0 Å². The quantitative estimate of drug-likeness (QED) is 0.792. The molecule has 2 aliphatic carbocycles. The van der Waals surface area contributed by atoms with Crippen molar-refractivity contribution in [2.75, 3.05) is 12.9 Å². The van der Waals surface area contributed by atoms with Gasteiger partial charge in [0, 0.05) is 4.75 Å². The lowest BCUT2D eigenvalue weighted by Crippen LogP contribution is -2.53. The van der Waals surface area contributed by atoms with Gasteiger partial charge in [-0.05, 0) is 50.0 Å². The summed E-state index contributed by atoms with van der Waals surface area (Å²) in [6, 6.07) is 7.26. The molecule has 0 bridgehead atoms. The molecule has 1 heterocycles. The second-order valence-corrected chi connectivity index (χ2v) is 8.10. The number of benzene rings is 1. The molecule has 1 spiro atoms. The first-order chi connectivity index (χ1) is 11.1. The molecule has 4 rings (SSSR count). The fourth-order valence-electron chi connectivity index (χ4n) is 3.61. The molecule has 4 nitrogen and oxygen atoms in total. The predicted molar refractivity (Wildman–Crippen MR) is 87.6 cm³/mol. The maximum absolute atomic E-state index is 12.8. The Morgan fingerprint density at radius 3 is 2.65 bits per heavy atom. The van der Waals surface area contributed by atoms with Crippen LogP contribution in [0.4, 0.5) is 0 Å². The molecule has 1 aromatic rings.